The number of rotatable bonds is 2. The van der Waals surface area contributed by atoms with Gasteiger partial charge >= 0.3 is 0 Å². The predicted molar refractivity (Wildman–Crippen MR) is 64.8 cm³/mol. The number of halogens is 1. The molecule has 5 heteroatoms. The van der Waals surface area contributed by atoms with Crippen molar-refractivity contribution < 1.29 is 8.42 Å². The van der Waals surface area contributed by atoms with Crippen LogP contribution in [-0.2, 0) is 9.84 Å². The maximum Gasteiger partial charge on any atom is 0.175 e. The van der Waals surface area contributed by atoms with Gasteiger partial charge in [0.05, 0.1) is 4.90 Å². The first-order chi connectivity index (χ1) is 7.50. The summed E-state index contributed by atoms with van der Waals surface area (Å²) in [6.07, 6.45) is 2.16. The minimum atomic E-state index is -3.21. The average Bonchev–Trinajstić information content (AvgIpc) is 2.68. The van der Waals surface area contributed by atoms with Crippen molar-refractivity contribution in [1.82, 2.24) is 5.32 Å². The van der Waals surface area contributed by atoms with Crippen molar-refractivity contribution in [3.05, 3.63) is 28.8 Å². The van der Waals surface area contributed by atoms with E-state index >= 15 is 0 Å². The first kappa shape index (κ1) is 11.9. The van der Waals surface area contributed by atoms with E-state index in [0.29, 0.717) is 9.92 Å². The van der Waals surface area contributed by atoms with Gasteiger partial charge in [0, 0.05) is 23.7 Å². The van der Waals surface area contributed by atoms with Crippen molar-refractivity contribution in [2.45, 2.75) is 17.2 Å². The molecule has 1 aromatic rings. The fourth-order valence-corrected chi connectivity index (χ4v) is 3.52. The molecule has 1 heterocycles. The van der Waals surface area contributed by atoms with Crippen molar-refractivity contribution in [3.63, 3.8) is 0 Å². The van der Waals surface area contributed by atoms with Gasteiger partial charge in [0.2, 0.25) is 0 Å². The average molecular weight is 260 g/mol. The Morgan fingerprint density at radius 3 is 2.75 bits per heavy atom. The molecular weight excluding hydrogens is 246 g/mol. The van der Waals surface area contributed by atoms with Crippen LogP contribution in [0.1, 0.15) is 17.9 Å². The van der Waals surface area contributed by atoms with Gasteiger partial charge in [-0.25, -0.2) is 8.42 Å². The highest BCUT2D eigenvalue weighted by Gasteiger charge is 2.25. The fourth-order valence-electron chi connectivity index (χ4n) is 2.14. The second kappa shape index (κ2) is 4.35. The Labute approximate surface area is 101 Å². The van der Waals surface area contributed by atoms with Gasteiger partial charge in [-0.15, -0.1) is 0 Å². The molecule has 0 saturated carbocycles. The summed E-state index contributed by atoms with van der Waals surface area (Å²) in [5.74, 6) is 0.207. The fraction of sp³-hybridized carbons (Fsp3) is 0.455. The molecule has 1 aliphatic rings. The number of hydrogen-bond acceptors (Lipinski definition) is 3. The summed E-state index contributed by atoms with van der Waals surface area (Å²) >= 11 is 6.12. The van der Waals surface area contributed by atoms with Crippen LogP contribution in [0, 0.1) is 0 Å². The Morgan fingerprint density at radius 2 is 2.19 bits per heavy atom. The largest absolute Gasteiger partial charge is 0.316 e. The lowest BCUT2D eigenvalue weighted by atomic mass is 9.98. The molecule has 0 radical (unpaired) electrons. The molecule has 3 nitrogen and oxygen atoms in total. The predicted octanol–water partition coefficient (Wildman–Crippen LogP) is 1.82. The first-order valence-corrected chi connectivity index (χ1v) is 7.46. The molecule has 2 rings (SSSR count). The Morgan fingerprint density at radius 1 is 1.44 bits per heavy atom. The quantitative estimate of drug-likeness (QED) is 0.881. The smallest absolute Gasteiger partial charge is 0.175 e. The van der Waals surface area contributed by atoms with Crippen LogP contribution in [-0.4, -0.2) is 27.8 Å². The lowest BCUT2D eigenvalue weighted by Crippen LogP contribution is -2.11. The number of sulfone groups is 1. The Bertz CT molecular complexity index is 493. The van der Waals surface area contributed by atoms with E-state index < -0.39 is 9.84 Å². The normalized spacial score (nSPS) is 21.2. The summed E-state index contributed by atoms with van der Waals surface area (Å²) in [5, 5.41) is 3.78. The second-order valence-corrected chi connectivity index (χ2v) is 6.50. The minimum absolute atomic E-state index is 0.207. The SMILES string of the molecule is CS(=O)(=O)c1cccc(Cl)c1C1CCNC1. The standard InChI is InChI=1S/C11H14ClNO2S/c1-16(14,15)10-4-2-3-9(12)11(10)8-5-6-13-7-8/h2-4,8,13H,5-7H2,1H3. The molecule has 0 spiro atoms. The van der Waals surface area contributed by atoms with E-state index in [0.717, 1.165) is 25.1 Å². The highest BCUT2D eigenvalue weighted by Crippen LogP contribution is 2.34. The second-order valence-electron chi connectivity index (χ2n) is 4.11. The van der Waals surface area contributed by atoms with Gasteiger partial charge in [-0.05, 0) is 30.7 Å². The molecule has 1 aliphatic heterocycles. The first-order valence-electron chi connectivity index (χ1n) is 5.19. The van der Waals surface area contributed by atoms with Crippen LogP contribution in [0.15, 0.2) is 23.1 Å². The lowest BCUT2D eigenvalue weighted by molar-refractivity contribution is 0.598. The summed E-state index contributed by atoms with van der Waals surface area (Å²) in [7, 11) is -3.21. The molecule has 1 saturated heterocycles. The van der Waals surface area contributed by atoms with E-state index in [1.165, 1.54) is 6.26 Å². The molecule has 16 heavy (non-hydrogen) atoms. The Balaban J connectivity index is 2.57. The van der Waals surface area contributed by atoms with Gasteiger partial charge in [0.1, 0.15) is 0 Å². The zero-order valence-electron chi connectivity index (χ0n) is 9.03. The molecule has 88 valence electrons. The summed E-state index contributed by atoms with van der Waals surface area (Å²) in [5.41, 5.74) is 0.775. The highest BCUT2D eigenvalue weighted by molar-refractivity contribution is 7.90. The van der Waals surface area contributed by atoms with Gasteiger partial charge in [-0.3, -0.25) is 0 Å². The zero-order valence-corrected chi connectivity index (χ0v) is 10.6. The number of benzene rings is 1. The molecule has 1 aromatic carbocycles. The molecule has 0 aromatic heterocycles. The van der Waals surface area contributed by atoms with E-state index in [2.05, 4.69) is 5.32 Å². The minimum Gasteiger partial charge on any atom is -0.316 e. The molecule has 0 aliphatic carbocycles. The monoisotopic (exact) mass is 259 g/mol. The number of nitrogens with one attached hydrogen (secondary N) is 1. The highest BCUT2D eigenvalue weighted by atomic mass is 35.5. The molecule has 0 bridgehead atoms. The van der Waals surface area contributed by atoms with Gasteiger partial charge in [0.15, 0.2) is 9.84 Å². The van der Waals surface area contributed by atoms with E-state index in [1.54, 1.807) is 18.2 Å². The summed E-state index contributed by atoms with van der Waals surface area (Å²) in [6, 6.07) is 5.07. The van der Waals surface area contributed by atoms with E-state index in [9.17, 15) is 8.42 Å². The van der Waals surface area contributed by atoms with Crippen LogP contribution in [0.3, 0.4) is 0 Å². The maximum absolute atomic E-state index is 11.7. The molecule has 1 atom stereocenters. The molecule has 1 unspecified atom stereocenters. The molecule has 1 N–H and O–H groups in total. The third kappa shape index (κ3) is 2.24. The van der Waals surface area contributed by atoms with Gasteiger partial charge in [-0.1, -0.05) is 17.7 Å². The Hall–Kier alpha value is -0.580. The summed E-state index contributed by atoms with van der Waals surface area (Å²) in [6.45, 7) is 1.71. The Kier molecular flexibility index (Phi) is 3.24. The lowest BCUT2D eigenvalue weighted by Gasteiger charge is -2.15. The van der Waals surface area contributed by atoms with E-state index in [-0.39, 0.29) is 5.92 Å². The summed E-state index contributed by atoms with van der Waals surface area (Å²) in [4.78, 5) is 0.369. The molecule has 0 amide bonds. The van der Waals surface area contributed by atoms with Crippen LogP contribution < -0.4 is 5.32 Å². The van der Waals surface area contributed by atoms with Crippen molar-refractivity contribution in [2.75, 3.05) is 19.3 Å². The van der Waals surface area contributed by atoms with Gasteiger partial charge in [-0.2, -0.15) is 0 Å². The van der Waals surface area contributed by atoms with E-state index in [4.69, 9.17) is 11.6 Å². The topological polar surface area (TPSA) is 46.2 Å². The molecular formula is C11H14ClNO2S. The van der Waals surface area contributed by atoms with Crippen molar-refractivity contribution in [2.24, 2.45) is 0 Å². The third-order valence-electron chi connectivity index (χ3n) is 2.88. The van der Waals surface area contributed by atoms with Crippen LogP contribution in [0.5, 0.6) is 0 Å². The van der Waals surface area contributed by atoms with Crippen LogP contribution in [0.25, 0.3) is 0 Å². The van der Waals surface area contributed by atoms with E-state index in [1.807, 2.05) is 0 Å². The maximum atomic E-state index is 11.7. The summed E-state index contributed by atoms with van der Waals surface area (Å²) < 4.78 is 23.4. The van der Waals surface area contributed by atoms with Gasteiger partial charge < -0.3 is 5.32 Å². The van der Waals surface area contributed by atoms with Gasteiger partial charge in [0.25, 0.3) is 0 Å². The number of hydrogen-bond donors (Lipinski definition) is 1. The van der Waals surface area contributed by atoms with Crippen molar-refractivity contribution >= 4 is 21.4 Å². The van der Waals surface area contributed by atoms with Crippen LogP contribution in [0.4, 0.5) is 0 Å². The van der Waals surface area contributed by atoms with Crippen LogP contribution in [0.2, 0.25) is 5.02 Å². The molecule has 1 fully saturated rings. The van der Waals surface area contributed by atoms with Crippen molar-refractivity contribution in [1.29, 1.82) is 0 Å². The zero-order chi connectivity index (χ0) is 11.8. The van der Waals surface area contributed by atoms with Crippen LogP contribution >= 0.6 is 11.6 Å². The third-order valence-corrected chi connectivity index (χ3v) is 4.37. The van der Waals surface area contributed by atoms with Crippen molar-refractivity contribution in [3.8, 4) is 0 Å².